The number of carbonyl (C=O) groups is 2. The molecule has 2 aromatic carbocycles. The van der Waals surface area contributed by atoms with Gasteiger partial charge in [-0.3, -0.25) is 9.59 Å². The minimum absolute atomic E-state index is 0.0203. The molecule has 0 heterocycles. The van der Waals surface area contributed by atoms with Crippen LogP contribution in [-0.2, 0) is 20.8 Å². The van der Waals surface area contributed by atoms with Gasteiger partial charge in [0.05, 0.1) is 21.8 Å². The van der Waals surface area contributed by atoms with Crippen molar-refractivity contribution in [3.63, 3.8) is 0 Å². The van der Waals surface area contributed by atoms with Gasteiger partial charge in [0.2, 0.25) is 5.91 Å². The maximum atomic E-state index is 13.0. The summed E-state index contributed by atoms with van der Waals surface area (Å²) in [5.41, 5.74) is 3.32. The number of primary amides is 1. The Balaban J connectivity index is 2.16. The van der Waals surface area contributed by atoms with Gasteiger partial charge in [-0.2, -0.15) is 13.2 Å². The Bertz CT molecular complexity index is 960. The number of carbonyl (C=O) groups excluding carboxylic acids is 2. The summed E-state index contributed by atoms with van der Waals surface area (Å²) in [5, 5.41) is 2.09. The fraction of sp³-hybridized carbons (Fsp3) is 0.222. The van der Waals surface area contributed by atoms with Gasteiger partial charge in [0.25, 0.3) is 5.91 Å². The molecule has 28 heavy (non-hydrogen) atoms. The molecule has 0 bridgehead atoms. The van der Waals surface area contributed by atoms with E-state index in [2.05, 4.69) is 5.32 Å². The zero-order chi connectivity index (χ0) is 20.9. The van der Waals surface area contributed by atoms with Gasteiger partial charge in [-0.05, 0) is 30.7 Å². The van der Waals surface area contributed by atoms with E-state index in [-0.39, 0.29) is 11.3 Å². The van der Waals surface area contributed by atoms with E-state index >= 15 is 0 Å². The molecule has 2 aromatic rings. The van der Waals surface area contributed by atoms with Gasteiger partial charge in [-0.15, -0.1) is 0 Å². The molecule has 2 rings (SSSR count). The molecule has 0 saturated carbocycles. The zero-order valence-electron chi connectivity index (χ0n) is 14.4. The molecular formula is C18H17F3N2O4S. The van der Waals surface area contributed by atoms with Crippen molar-refractivity contribution in [2.75, 3.05) is 5.75 Å². The van der Waals surface area contributed by atoms with Crippen LogP contribution in [0.2, 0.25) is 0 Å². The normalized spacial score (nSPS) is 13.0. The molecule has 0 unspecified atom stereocenters. The van der Waals surface area contributed by atoms with E-state index in [1.165, 1.54) is 30.3 Å². The first kappa shape index (κ1) is 21.4. The molecule has 10 heteroatoms. The van der Waals surface area contributed by atoms with Crippen LogP contribution < -0.4 is 11.1 Å². The fourth-order valence-corrected chi connectivity index (χ4v) is 3.82. The molecule has 0 spiro atoms. The number of nitrogens with one attached hydrogen (secondary N) is 1. The molecule has 3 N–H and O–H groups in total. The molecule has 0 fully saturated rings. The lowest BCUT2D eigenvalue weighted by Gasteiger charge is -2.18. The van der Waals surface area contributed by atoms with E-state index < -0.39 is 50.7 Å². The topological polar surface area (TPSA) is 106 Å². The first-order valence-electron chi connectivity index (χ1n) is 8.06. The van der Waals surface area contributed by atoms with E-state index in [1.54, 1.807) is 6.07 Å². The molecule has 0 aliphatic rings. The van der Waals surface area contributed by atoms with Gasteiger partial charge in [-0.25, -0.2) is 8.42 Å². The second kappa shape index (κ2) is 8.42. The molecule has 0 radical (unpaired) electrons. The first-order valence-corrected chi connectivity index (χ1v) is 9.72. The maximum Gasteiger partial charge on any atom is 0.417 e. The molecule has 0 saturated heterocycles. The van der Waals surface area contributed by atoms with Crippen LogP contribution in [0.5, 0.6) is 0 Å². The highest BCUT2D eigenvalue weighted by Gasteiger charge is 2.35. The van der Waals surface area contributed by atoms with Crippen LogP contribution >= 0.6 is 0 Å². The number of sulfone groups is 1. The van der Waals surface area contributed by atoms with Crippen molar-refractivity contribution in [1.29, 1.82) is 0 Å². The van der Waals surface area contributed by atoms with Gasteiger partial charge >= 0.3 is 6.18 Å². The summed E-state index contributed by atoms with van der Waals surface area (Å²) in [6.07, 6.45) is -5.15. The monoisotopic (exact) mass is 414 g/mol. The highest BCUT2D eigenvalue weighted by molar-refractivity contribution is 7.91. The molecule has 0 aromatic heterocycles. The summed E-state index contributed by atoms with van der Waals surface area (Å²) in [6.45, 7) is 0. The predicted octanol–water partition coefficient (Wildman–Crippen LogP) is 2.15. The van der Waals surface area contributed by atoms with Crippen molar-refractivity contribution >= 4 is 21.7 Å². The van der Waals surface area contributed by atoms with Crippen LogP contribution in [0.25, 0.3) is 0 Å². The Morgan fingerprint density at radius 3 is 2.14 bits per heavy atom. The number of hydrogen-bond donors (Lipinski definition) is 2. The van der Waals surface area contributed by atoms with Crippen LogP contribution in [0, 0.1) is 0 Å². The maximum absolute atomic E-state index is 13.0. The fourth-order valence-electron chi connectivity index (χ4n) is 2.47. The number of nitrogens with two attached hydrogens (primary N) is 1. The Morgan fingerprint density at radius 2 is 1.57 bits per heavy atom. The zero-order valence-corrected chi connectivity index (χ0v) is 15.3. The number of alkyl halides is 3. The van der Waals surface area contributed by atoms with Crippen LogP contribution in [0.3, 0.4) is 0 Å². The van der Waals surface area contributed by atoms with Gasteiger partial charge in [0, 0.05) is 0 Å². The molecule has 0 aliphatic carbocycles. The summed E-state index contributed by atoms with van der Waals surface area (Å²) in [7, 11) is -3.76. The minimum atomic E-state index is -4.77. The molecule has 1 atom stereocenters. The molecule has 150 valence electrons. The largest absolute Gasteiger partial charge is 0.417 e. The molecule has 2 amide bonds. The van der Waals surface area contributed by atoms with Gasteiger partial charge < -0.3 is 11.1 Å². The average molecular weight is 414 g/mol. The quantitative estimate of drug-likeness (QED) is 0.724. The third-order valence-corrected chi connectivity index (χ3v) is 5.67. The third kappa shape index (κ3) is 5.32. The van der Waals surface area contributed by atoms with E-state index in [0.29, 0.717) is 0 Å². The molecule has 6 nitrogen and oxygen atoms in total. The number of hydrogen-bond acceptors (Lipinski definition) is 4. The minimum Gasteiger partial charge on any atom is -0.368 e. The van der Waals surface area contributed by atoms with Crippen LogP contribution in [0.4, 0.5) is 13.2 Å². The van der Waals surface area contributed by atoms with Crippen molar-refractivity contribution in [2.45, 2.75) is 23.5 Å². The molecule has 0 aliphatic heterocycles. The number of benzene rings is 2. The van der Waals surface area contributed by atoms with E-state index in [1.807, 2.05) is 0 Å². The summed E-state index contributed by atoms with van der Waals surface area (Å²) >= 11 is 0. The number of rotatable bonds is 7. The second-order valence-electron chi connectivity index (χ2n) is 5.89. The second-order valence-corrected chi connectivity index (χ2v) is 8.00. The van der Waals surface area contributed by atoms with Gasteiger partial charge in [0.15, 0.2) is 9.84 Å². The smallest absolute Gasteiger partial charge is 0.368 e. The lowest BCUT2D eigenvalue weighted by Crippen LogP contribution is -2.45. The van der Waals surface area contributed by atoms with Gasteiger partial charge in [-0.1, -0.05) is 30.3 Å². The van der Waals surface area contributed by atoms with Gasteiger partial charge in [0.1, 0.15) is 6.04 Å². The van der Waals surface area contributed by atoms with Crippen molar-refractivity contribution in [1.82, 2.24) is 5.32 Å². The van der Waals surface area contributed by atoms with Crippen molar-refractivity contribution < 1.29 is 31.2 Å². The lowest BCUT2D eigenvalue weighted by molar-refractivity contribution is -0.137. The number of amides is 2. The highest BCUT2D eigenvalue weighted by atomic mass is 32.2. The summed E-state index contributed by atoms with van der Waals surface area (Å²) in [5.74, 6) is -2.75. The van der Waals surface area contributed by atoms with Crippen LogP contribution in [0.15, 0.2) is 59.5 Å². The van der Waals surface area contributed by atoms with Crippen LogP contribution in [-0.4, -0.2) is 32.0 Å². The van der Waals surface area contributed by atoms with E-state index in [4.69, 9.17) is 5.73 Å². The lowest BCUT2D eigenvalue weighted by atomic mass is 10.1. The predicted molar refractivity (Wildman–Crippen MR) is 95.0 cm³/mol. The Hall–Kier alpha value is -2.88. The highest BCUT2D eigenvalue weighted by Crippen LogP contribution is 2.31. The summed E-state index contributed by atoms with van der Waals surface area (Å²) in [6, 6.07) is 10.0. The van der Waals surface area contributed by atoms with Crippen LogP contribution in [0.1, 0.15) is 22.3 Å². The molecular weight excluding hydrogens is 397 g/mol. The Morgan fingerprint density at radius 1 is 1.00 bits per heavy atom. The summed E-state index contributed by atoms with van der Waals surface area (Å²) in [4.78, 5) is 23.9. The van der Waals surface area contributed by atoms with E-state index in [0.717, 1.165) is 18.2 Å². The van der Waals surface area contributed by atoms with Crippen molar-refractivity contribution in [3.05, 3.63) is 65.7 Å². The summed E-state index contributed by atoms with van der Waals surface area (Å²) < 4.78 is 63.7. The first-order chi connectivity index (χ1) is 13.0. The van der Waals surface area contributed by atoms with Crippen molar-refractivity contribution in [2.24, 2.45) is 5.73 Å². The van der Waals surface area contributed by atoms with Crippen molar-refractivity contribution in [3.8, 4) is 0 Å². The average Bonchev–Trinajstić information content (AvgIpc) is 2.64. The Kier molecular flexibility index (Phi) is 6.45. The SMILES string of the molecule is NC(=O)[C@H](CCS(=O)(=O)c1ccccc1)NC(=O)c1ccccc1C(F)(F)F. The van der Waals surface area contributed by atoms with E-state index in [9.17, 15) is 31.2 Å². The number of halogens is 3. The Labute approximate surface area is 159 Å². The standard InChI is InChI=1S/C18H17F3N2O4S/c19-18(20,21)14-9-5-4-8-13(14)17(25)23-15(16(22)24)10-11-28(26,27)12-6-2-1-3-7-12/h1-9,15H,10-11H2,(H2,22,24)(H,23,25)/t15-/m0/s1. The third-order valence-electron chi connectivity index (χ3n) is 3.90.